The van der Waals surface area contributed by atoms with Crippen molar-refractivity contribution in [3.05, 3.63) is 0 Å². The zero-order valence-corrected chi connectivity index (χ0v) is 12.2. The zero-order valence-electron chi connectivity index (χ0n) is 12.2. The van der Waals surface area contributed by atoms with E-state index in [1.54, 1.807) is 0 Å². The minimum absolute atomic E-state index is 0.711. The van der Waals surface area contributed by atoms with Gasteiger partial charge >= 0.3 is 0 Å². The predicted octanol–water partition coefficient (Wildman–Crippen LogP) is 1.79. The number of piperidine rings is 1. The van der Waals surface area contributed by atoms with Gasteiger partial charge in [0.25, 0.3) is 0 Å². The van der Waals surface area contributed by atoms with Gasteiger partial charge in [-0.25, -0.2) is 0 Å². The minimum atomic E-state index is 0.711. The zero-order chi connectivity index (χ0) is 12.7. The van der Waals surface area contributed by atoms with Crippen molar-refractivity contribution in [1.82, 2.24) is 15.1 Å². The number of rotatable bonds is 7. The van der Waals surface area contributed by atoms with Crippen LogP contribution in [0.25, 0.3) is 0 Å². The van der Waals surface area contributed by atoms with Crippen LogP contribution in [0, 0.1) is 0 Å². The van der Waals surface area contributed by atoms with E-state index in [1.807, 2.05) is 0 Å². The van der Waals surface area contributed by atoms with E-state index < -0.39 is 0 Å². The van der Waals surface area contributed by atoms with Gasteiger partial charge in [-0.05, 0) is 53.0 Å². The van der Waals surface area contributed by atoms with Crippen LogP contribution < -0.4 is 5.32 Å². The molecule has 1 N–H and O–H groups in total. The van der Waals surface area contributed by atoms with E-state index in [0.29, 0.717) is 6.04 Å². The lowest BCUT2D eigenvalue weighted by atomic mass is 10.00. The summed E-state index contributed by atoms with van der Waals surface area (Å²) >= 11 is 0. The Bertz CT molecular complexity index is 182. The maximum atomic E-state index is 3.34. The van der Waals surface area contributed by atoms with E-state index >= 15 is 0 Å². The molecule has 0 saturated carbocycles. The summed E-state index contributed by atoms with van der Waals surface area (Å²) in [6.07, 6.45) is 5.28. The molecule has 1 atom stereocenters. The molecule has 3 heteroatoms. The van der Waals surface area contributed by atoms with Crippen LogP contribution >= 0.6 is 0 Å². The van der Waals surface area contributed by atoms with E-state index in [2.05, 4.69) is 43.1 Å². The van der Waals surface area contributed by atoms with Gasteiger partial charge in [-0.15, -0.1) is 0 Å². The maximum absolute atomic E-state index is 3.34. The van der Waals surface area contributed by atoms with Crippen molar-refractivity contribution in [2.75, 3.05) is 40.3 Å². The Hall–Kier alpha value is -0.120. The molecule has 1 rings (SSSR count). The average molecular weight is 241 g/mol. The Balaban J connectivity index is 2.41. The molecule has 17 heavy (non-hydrogen) atoms. The van der Waals surface area contributed by atoms with E-state index in [1.165, 1.54) is 45.3 Å². The highest BCUT2D eigenvalue weighted by Crippen LogP contribution is 2.18. The second-order valence-electron chi connectivity index (χ2n) is 5.33. The van der Waals surface area contributed by atoms with Crippen molar-refractivity contribution < 1.29 is 0 Å². The molecule has 1 aliphatic rings. The molecule has 1 unspecified atom stereocenters. The third-order valence-electron chi connectivity index (χ3n) is 4.22. The van der Waals surface area contributed by atoms with Gasteiger partial charge < -0.3 is 10.2 Å². The van der Waals surface area contributed by atoms with Crippen LogP contribution in [0.2, 0.25) is 0 Å². The van der Waals surface area contributed by atoms with E-state index in [-0.39, 0.29) is 0 Å². The molecular weight excluding hydrogens is 210 g/mol. The van der Waals surface area contributed by atoms with Gasteiger partial charge in [0.1, 0.15) is 0 Å². The first-order valence-corrected chi connectivity index (χ1v) is 7.31. The normalized spacial score (nSPS) is 21.0. The first-order valence-electron chi connectivity index (χ1n) is 7.31. The van der Waals surface area contributed by atoms with Crippen LogP contribution in [0.15, 0.2) is 0 Å². The first kappa shape index (κ1) is 14.9. The molecule has 0 aliphatic carbocycles. The average Bonchev–Trinajstić information content (AvgIpc) is 2.38. The van der Waals surface area contributed by atoms with Crippen molar-refractivity contribution >= 4 is 0 Å². The Labute approximate surface area is 108 Å². The fourth-order valence-electron chi connectivity index (χ4n) is 2.96. The van der Waals surface area contributed by atoms with Gasteiger partial charge in [-0.2, -0.15) is 0 Å². The second-order valence-corrected chi connectivity index (χ2v) is 5.33. The van der Waals surface area contributed by atoms with Gasteiger partial charge in [-0.3, -0.25) is 4.90 Å². The number of hydrogen-bond acceptors (Lipinski definition) is 3. The van der Waals surface area contributed by atoms with Crippen molar-refractivity contribution in [1.29, 1.82) is 0 Å². The standard InChI is InChI=1S/C14H31N3/c1-5-7-14(12-15-3)16(4)13-8-10-17(6-2)11-9-13/h13-15H,5-12H2,1-4H3. The number of likely N-dealkylation sites (N-methyl/N-ethyl adjacent to an activating group) is 2. The van der Waals surface area contributed by atoms with Crippen LogP contribution in [0.4, 0.5) is 0 Å². The molecule has 1 fully saturated rings. The highest BCUT2D eigenvalue weighted by atomic mass is 15.2. The smallest absolute Gasteiger partial charge is 0.0220 e. The molecule has 1 saturated heterocycles. The minimum Gasteiger partial charge on any atom is -0.318 e. The summed E-state index contributed by atoms with van der Waals surface area (Å²) in [5, 5.41) is 3.34. The number of nitrogens with one attached hydrogen (secondary N) is 1. The molecule has 3 nitrogen and oxygen atoms in total. The molecule has 0 radical (unpaired) electrons. The van der Waals surface area contributed by atoms with Crippen LogP contribution in [0.1, 0.15) is 39.5 Å². The van der Waals surface area contributed by atoms with Gasteiger partial charge in [0.05, 0.1) is 0 Å². The molecule has 1 aliphatic heterocycles. The number of nitrogens with zero attached hydrogens (tertiary/aromatic N) is 2. The molecule has 0 aromatic rings. The van der Waals surface area contributed by atoms with E-state index in [0.717, 1.165) is 12.6 Å². The molecule has 0 aromatic heterocycles. The summed E-state index contributed by atoms with van der Waals surface area (Å²) in [5.74, 6) is 0. The summed E-state index contributed by atoms with van der Waals surface area (Å²) in [5.41, 5.74) is 0. The quantitative estimate of drug-likeness (QED) is 0.733. The molecule has 0 amide bonds. The summed E-state index contributed by atoms with van der Waals surface area (Å²) in [7, 11) is 4.39. The highest BCUT2D eigenvalue weighted by Gasteiger charge is 2.25. The van der Waals surface area contributed by atoms with Gasteiger partial charge in [0.15, 0.2) is 0 Å². The SMILES string of the molecule is CCCC(CNC)N(C)C1CCN(CC)CC1. The fraction of sp³-hybridized carbons (Fsp3) is 1.00. The second kappa shape index (κ2) is 8.06. The first-order chi connectivity index (χ1) is 8.22. The number of likely N-dealkylation sites (tertiary alicyclic amines) is 1. The Morgan fingerprint density at radius 3 is 2.41 bits per heavy atom. The van der Waals surface area contributed by atoms with Crippen LogP contribution in [0.3, 0.4) is 0 Å². The molecule has 0 bridgehead atoms. The van der Waals surface area contributed by atoms with Crippen molar-refractivity contribution in [3.8, 4) is 0 Å². The maximum Gasteiger partial charge on any atom is 0.0220 e. The van der Waals surface area contributed by atoms with Crippen LogP contribution in [-0.2, 0) is 0 Å². The Morgan fingerprint density at radius 2 is 1.94 bits per heavy atom. The third kappa shape index (κ3) is 4.57. The number of hydrogen-bond donors (Lipinski definition) is 1. The van der Waals surface area contributed by atoms with E-state index in [9.17, 15) is 0 Å². The summed E-state index contributed by atoms with van der Waals surface area (Å²) in [6, 6.07) is 1.51. The van der Waals surface area contributed by atoms with E-state index in [4.69, 9.17) is 0 Å². The molecule has 0 aromatic carbocycles. The van der Waals surface area contributed by atoms with Crippen LogP contribution in [-0.4, -0.2) is 62.2 Å². The summed E-state index contributed by atoms with van der Waals surface area (Å²) in [4.78, 5) is 5.20. The van der Waals surface area contributed by atoms with Crippen molar-refractivity contribution in [2.45, 2.75) is 51.6 Å². The van der Waals surface area contributed by atoms with Crippen molar-refractivity contribution in [3.63, 3.8) is 0 Å². The van der Waals surface area contributed by atoms with Crippen molar-refractivity contribution in [2.24, 2.45) is 0 Å². The lowest BCUT2D eigenvalue weighted by Gasteiger charge is -2.40. The molecule has 102 valence electrons. The monoisotopic (exact) mass is 241 g/mol. The predicted molar refractivity (Wildman–Crippen MR) is 75.5 cm³/mol. The fourth-order valence-corrected chi connectivity index (χ4v) is 2.96. The van der Waals surface area contributed by atoms with Gasteiger partial charge in [0, 0.05) is 18.6 Å². The summed E-state index contributed by atoms with van der Waals surface area (Å²) < 4.78 is 0. The molecular formula is C14H31N3. The Kier molecular flexibility index (Phi) is 7.09. The third-order valence-corrected chi connectivity index (χ3v) is 4.22. The van der Waals surface area contributed by atoms with Crippen LogP contribution in [0.5, 0.6) is 0 Å². The Morgan fingerprint density at radius 1 is 1.29 bits per heavy atom. The molecule has 0 spiro atoms. The lowest BCUT2D eigenvalue weighted by molar-refractivity contribution is 0.0944. The van der Waals surface area contributed by atoms with Gasteiger partial charge in [0.2, 0.25) is 0 Å². The lowest BCUT2D eigenvalue weighted by Crippen LogP contribution is -2.49. The summed E-state index contributed by atoms with van der Waals surface area (Å²) in [6.45, 7) is 9.46. The topological polar surface area (TPSA) is 18.5 Å². The highest BCUT2D eigenvalue weighted by molar-refractivity contribution is 4.82. The van der Waals surface area contributed by atoms with Gasteiger partial charge in [-0.1, -0.05) is 20.3 Å². The molecule has 1 heterocycles. The largest absolute Gasteiger partial charge is 0.318 e.